The Hall–Kier alpha value is -2.04. The Morgan fingerprint density at radius 2 is 2.06 bits per heavy atom. The van der Waals surface area contributed by atoms with Crippen molar-refractivity contribution in [1.82, 2.24) is 15.0 Å². The minimum Gasteiger partial charge on any atom is -0.370 e. The third-order valence-corrected chi connectivity index (χ3v) is 2.39. The summed E-state index contributed by atoms with van der Waals surface area (Å²) >= 11 is 0. The van der Waals surface area contributed by atoms with E-state index in [1.807, 2.05) is 6.92 Å². The zero-order valence-electron chi connectivity index (χ0n) is 10.4. The summed E-state index contributed by atoms with van der Waals surface area (Å²) in [6, 6.07) is 3.22. The van der Waals surface area contributed by atoms with Gasteiger partial charge in [-0.15, -0.1) is 0 Å². The van der Waals surface area contributed by atoms with Gasteiger partial charge >= 0.3 is 0 Å². The van der Waals surface area contributed by atoms with Gasteiger partial charge in [-0.1, -0.05) is 6.92 Å². The molecule has 0 aliphatic heterocycles. The summed E-state index contributed by atoms with van der Waals surface area (Å²) in [5.41, 5.74) is 1.33. The molecule has 0 aliphatic carbocycles. The summed E-state index contributed by atoms with van der Waals surface area (Å²) in [7, 11) is 0. The summed E-state index contributed by atoms with van der Waals surface area (Å²) in [6.07, 6.45) is 3.78. The molecule has 0 aromatic carbocycles. The van der Waals surface area contributed by atoms with Crippen LogP contribution in [-0.2, 0) is 0 Å². The molecule has 0 fully saturated rings. The number of rotatable bonds is 4. The molecule has 94 valence electrons. The first kappa shape index (κ1) is 12.4. The van der Waals surface area contributed by atoms with Crippen LogP contribution < -0.4 is 5.32 Å². The minimum absolute atomic E-state index is 0.369. The molecule has 0 radical (unpaired) electrons. The van der Waals surface area contributed by atoms with Crippen LogP contribution in [0.2, 0.25) is 0 Å². The van der Waals surface area contributed by atoms with Gasteiger partial charge < -0.3 is 5.32 Å². The molecule has 18 heavy (non-hydrogen) atoms. The molecule has 5 heteroatoms. The fraction of sp³-hybridized carbons (Fsp3) is 0.308. The van der Waals surface area contributed by atoms with Crippen LogP contribution in [0.1, 0.15) is 19.2 Å². The van der Waals surface area contributed by atoms with Gasteiger partial charge in [-0.3, -0.25) is 4.98 Å². The molecule has 2 aromatic heterocycles. The molecule has 0 spiro atoms. The van der Waals surface area contributed by atoms with Crippen molar-refractivity contribution in [2.75, 3.05) is 11.9 Å². The van der Waals surface area contributed by atoms with E-state index in [1.165, 1.54) is 12.3 Å². The molecule has 0 bridgehead atoms. The number of hydrogen-bond acceptors (Lipinski definition) is 4. The smallest absolute Gasteiger partial charge is 0.142 e. The number of aryl methyl sites for hydroxylation is 1. The Morgan fingerprint density at radius 1 is 1.22 bits per heavy atom. The second-order valence-electron chi connectivity index (χ2n) is 4.00. The van der Waals surface area contributed by atoms with Crippen molar-refractivity contribution in [3.05, 3.63) is 36.2 Å². The molecule has 1 N–H and O–H groups in total. The summed E-state index contributed by atoms with van der Waals surface area (Å²) < 4.78 is 13.1. The maximum Gasteiger partial charge on any atom is 0.142 e. The van der Waals surface area contributed by atoms with Crippen LogP contribution >= 0.6 is 0 Å². The number of anilines is 1. The quantitative estimate of drug-likeness (QED) is 0.901. The van der Waals surface area contributed by atoms with Gasteiger partial charge in [0, 0.05) is 24.4 Å². The maximum absolute atomic E-state index is 13.1. The lowest BCUT2D eigenvalue weighted by Gasteiger charge is -2.07. The van der Waals surface area contributed by atoms with Crippen LogP contribution in [0.5, 0.6) is 0 Å². The zero-order chi connectivity index (χ0) is 13.0. The highest BCUT2D eigenvalue weighted by Gasteiger charge is 2.05. The Balaban J connectivity index is 2.35. The van der Waals surface area contributed by atoms with Gasteiger partial charge in [0.05, 0.1) is 11.9 Å². The van der Waals surface area contributed by atoms with Crippen LogP contribution in [0.3, 0.4) is 0 Å². The molecule has 2 aromatic rings. The van der Waals surface area contributed by atoms with E-state index in [0.29, 0.717) is 17.1 Å². The molecular formula is C13H15FN4. The Morgan fingerprint density at radius 3 is 2.78 bits per heavy atom. The van der Waals surface area contributed by atoms with Gasteiger partial charge in [-0.2, -0.15) is 0 Å². The van der Waals surface area contributed by atoms with E-state index in [9.17, 15) is 4.39 Å². The highest BCUT2D eigenvalue weighted by molar-refractivity contribution is 5.61. The molecule has 0 atom stereocenters. The number of hydrogen-bond donors (Lipinski definition) is 1. The summed E-state index contributed by atoms with van der Waals surface area (Å²) in [6.45, 7) is 4.74. The number of pyridine rings is 1. The molecule has 4 nitrogen and oxygen atoms in total. The molecule has 0 amide bonds. The normalized spacial score (nSPS) is 10.4. The number of nitrogens with one attached hydrogen (secondary N) is 1. The van der Waals surface area contributed by atoms with Gasteiger partial charge in [-0.05, 0) is 19.4 Å². The first-order valence-corrected chi connectivity index (χ1v) is 5.89. The third kappa shape index (κ3) is 3.00. The molecule has 0 saturated carbocycles. The van der Waals surface area contributed by atoms with Gasteiger partial charge in [0.25, 0.3) is 0 Å². The van der Waals surface area contributed by atoms with Crippen LogP contribution in [0.25, 0.3) is 11.3 Å². The van der Waals surface area contributed by atoms with Gasteiger partial charge in [-0.25, -0.2) is 14.4 Å². The average molecular weight is 246 g/mol. The Bertz CT molecular complexity index is 542. The molecule has 0 aliphatic rings. The van der Waals surface area contributed by atoms with Crippen LogP contribution in [0.4, 0.5) is 10.2 Å². The van der Waals surface area contributed by atoms with E-state index in [2.05, 4.69) is 27.2 Å². The zero-order valence-corrected chi connectivity index (χ0v) is 10.4. The molecule has 2 heterocycles. The average Bonchev–Trinajstić information content (AvgIpc) is 2.36. The summed E-state index contributed by atoms with van der Waals surface area (Å²) in [5.74, 6) is 1.03. The van der Waals surface area contributed by atoms with E-state index >= 15 is 0 Å². The van der Waals surface area contributed by atoms with Crippen molar-refractivity contribution in [1.29, 1.82) is 0 Å². The second kappa shape index (κ2) is 5.53. The van der Waals surface area contributed by atoms with Crippen molar-refractivity contribution >= 4 is 5.82 Å². The fourth-order valence-corrected chi connectivity index (χ4v) is 1.61. The third-order valence-electron chi connectivity index (χ3n) is 2.39. The number of halogens is 1. The Kier molecular flexibility index (Phi) is 3.82. The lowest BCUT2D eigenvalue weighted by atomic mass is 10.2. The van der Waals surface area contributed by atoms with Crippen molar-refractivity contribution in [3.63, 3.8) is 0 Å². The van der Waals surface area contributed by atoms with Crippen LogP contribution in [-0.4, -0.2) is 21.5 Å². The van der Waals surface area contributed by atoms with E-state index < -0.39 is 0 Å². The largest absolute Gasteiger partial charge is 0.370 e. The van der Waals surface area contributed by atoms with Crippen molar-refractivity contribution in [3.8, 4) is 11.3 Å². The lowest BCUT2D eigenvalue weighted by molar-refractivity contribution is 0.622. The first-order chi connectivity index (χ1) is 8.69. The highest BCUT2D eigenvalue weighted by Crippen LogP contribution is 2.19. The fourth-order valence-electron chi connectivity index (χ4n) is 1.61. The molecule has 0 unspecified atom stereocenters. The molecule has 2 rings (SSSR count). The predicted molar refractivity (Wildman–Crippen MR) is 68.7 cm³/mol. The maximum atomic E-state index is 13.1. The first-order valence-electron chi connectivity index (χ1n) is 5.89. The van der Waals surface area contributed by atoms with E-state index in [4.69, 9.17) is 0 Å². The topological polar surface area (TPSA) is 50.7 Å². The summed E-state index contributed by atoms with van der Waals surface area (Å²) in [5, 5.41) is 3.19. The SMILES string of the molecule is CCCNc1cc(-c2cncc(F)c2)nc(C)n1. The van der Waals surface area contributed by atoms with Gasteiger partial charge in [0.1, 0.15) is 17.5 Å². The number of aromatic nitrogens is 3. The monoisotopic (exact) mass is 246 g/mol. The number of nitrogens with zero attached hydrogens (tertiary/aromatic N) is 3. The molecule has 0 saturated heterocycles. The highest BCUT2D eigenvalue weighted by atomic mass is 19.1. The molecular weight excluding hydrogens is 231 g/mol. The van der Waals surface area contributed by atoms with Crippen LogP contribution in [0.15, 0.2) is 24.5 Å². The summed E-state index contributed by atoms with van der Waals surface area (Å²) in [4.78, 5) is 12.4. The van der Waals surface area contributed by atoms with E-state index in [-0.39, 0.29) is 5.82 Å². The van der Waals surface area contributed by atoms with E-state index in [0.717, 1.165) is 18.8 Å². The van der Waals surface area contributed by atoms with Crippen molar-refractivity contribution in [2.45, 2.75) is 20.3 Å². The second-order valence-corrected chi connectivity index (χ2v) is 4.00. The lowest BCUT2D eigenvalue weighted by Crippen LogP contribution is -2.04. The van der Waals surface area contributed by atoms with Crippen LogP contribution in [0, 0.1) is 12.7 Å². The standard InChI is InChI=1S/C13H15FN4/c1-3-4-16-13-6-12(17-9(2)18-13)10-5-11(14)8-15-7-10/h5-8H,3-4H2,1-2H3,(H,16,17,18). The predicted octanol–water partition coefficient (Wildman–Crippen LogP) is 2.81. The van der Waals surface area contributed by atoms with Crippen molar-refractivity contribution < 1.29 is 4.39 Å². The van der Waals surface area contributed by atoms with E-state index in [1.54, 1.807) is 12.3 Å². The van der Waals surface area contributed by atoms with Gasteiger partial charge in [0.2, 0.25) is 0 Å². The van der Waals surface area contributed by atoms with Crippen molar-refractivity contribution in [2.24, 2.45) is 0 Å². The van der Waals surface area contributed by atoms with Gasteiger partial charge in [0.15, 0.2) is 0 Å². The Labute approximate surface area is 105 Å². The minimum atomic E-state index is -0.369.